The number of nitrogens with zero attached hydrogens (tertiary/aromatic N) is 2. The van der Waals surface area contributed by atoms with Crippen LogP contribution in [0.15, 0.2) is 188 Å². The molecule has 0 radical (unpaired) electrons. The minimum Gasteiger partial charge on any atom is -0.292 e. The third-order valence-corrected chi connectivity index (χ3v) is 11.1. The standard InChI is InChI=1S/C53H38N2/c1-35(37-24-28-40(29-25-37)53-54-49-22-12-13-23-50(49)55(53)45-18-4-3-5-19-45)32-48-36(2)51(43-30-26-38-14-6-8-16-41(38)33-43)46-20-10-11-21-47(46)52(48)44-31-27-39-15-7-9-17-42(39)34-44/h3-34H,1-2H3/b35-32+. The summed E-state index contributed by atoms with van der Waals surface area (Å²) in [5, 5.41) is 7.49. The summed E-state index contributed by atoms with van der Waals surface area (Å²) in [5.74, 6) is 0.935. The molecular formula is C53H38N2. The van der Waals surface area contributed by atoms with Crippen molar-refractivity contribution in [3.05, 3.63) is 205 Å². The van der Waals surface area contributed by atoms with Crippen LogP contribution in [0.2, 0.25) is 0 Å². The number of fused-ring (bicyclic) bond motifs is 4. The molecule has 0 aliphatic rings. The molecule has 0 saturated heterocycles. The van der Waals surface area contributed by atoms with Crippen LogP contribution in [0.4, 0.5) is 0 Å². The average Bonchev–Trinajstić information content (AvgIpc) is 3.64. The quantitative estimate of drug-likeness (QED) is 0.158. The maximum Gasteiger partial charge on any atom is 0.145 e. The van der Waals surface area contributed by atoms with Crippen molar-refractivity contribution < 1.29 is 0 Å². The highest BCUT2D eigenvalue weighted by Crippen LogP contribution is 2.44. The second kappa shape index (κ2) is 13.4. The van der Waals surface area contributed by atoms with Crippen LogP contribution in [-0.2, 0) is 0 Å². The second-order valence-electron chi connectivity index (χ2n) is 14.5. The van der Waals surface area contributed by atoms with Crippen molar-refractivity contribution in [2.24, 2.45) is 0 Å². The number of allylic oxidation sites excluding steroid dienone is 1. The normalized spacial score (nSPS) is 11.9. The lowest BCUT2D eigenvalue weighted by molar-refractivity contribution is 1.10. The fraction of sp³-hybridized carbons (Fsp3) is 0.0377. The summed E-state index contributed by atoms with van der Waals surface area (Å²) < 4.78 is 2.26. The van der Waals surface area contributed by atoms with Gasteiger partial charge in [0, 0.05) is 11.3 Å². The number of rotatable bonds is 6. The summed E-state index contributed by atoms with van der Waals surface area (Å²) in [5.41, 5.74) is 14.1. The summed E-state index contributed by atoms with van der Waals surface area (Å²) in [6, 6.07) is 67.8. The summed E-state index contributed by atoms with van der Waals surface area (Å²) >= 11 is 0. The SMILES string of the molecule is C/C(=C\c1c(C)c(-c2ccc3ccccc3c2)c2ccccc2c1-c1ccc2ccccc2c1)c1ccc(-c2nc3ccccc3n2-c2ccccc2)cc1. The highest BCUT2D eigenvalue weighted by molar-refractivity contribution is 6.12. The zero-order valence-corrected chi connectivity index (χ0v) is 30.9. The van der Waals surface area contributed by atoms with Gasteiger partial charge in [0.15, 0.2) is 0 Å². The molecule has 0 fully saturated rings. The molecular weight excluding hydrogens is 665 g/mol. The van der Waals surface area contributed by atoms with E-state index in [1.54, 1.807) is 0 Å². The van der Waals surface area contributed by atoms with Gasteiger partial charge in [-0.1, -0.05) is 158 Å². The van der Waals surface area contributed by atoms with Crippen molar-refractivity contribution >= 4 is 55.0 Å². The van der Waals surface area contributed by atoms with E-state index in [2.05, 4.69) is 213 Å². The predicted molar refractivity (Wildman–Crippen MR) is 235 cm³/mol. The molecule has 0 saturated carbocycles. The number of benzene rings is 9. The number of hydrogen-bond acceptors (Lipinski definition) is 1. The molecule has 0 aliphatic heterocycles. The monoisotopic (exact) mass is 702 g/mol. The van der Waals surface area contributed by atoms with E-state index in [4.69, 9.17) is 4.98 Å². The van der Waals surface area contributed by atoms with E-state index >= 15 is 0 Å². The Balaban J connectivity index is 1.16. The molecule has 2 nitrogen and oxygen atoms in total. The van der Waals surface area contributed by atoms with Gasteiger partial charge in [-0.2, -0.15) is 0 Å². The van der Waals surface area contributed by atoms with E-state index in [0.717, 1.165) is 28.1 Å². The van der Waals surface area contributed by atoms with E-state index in [-0.39, 0.29) is 0 Å². The van der Waals surface area contributed by atoms with Crippen LogP contribution in [0.25, 0.3) is 94.3 Å². The molecule has 2 heteroatoms. The topological polar surface area (TPSA) is 17.8 Å². The van der Waals surface area contributed by atoms with Gasteiger partial charge in [0.25, 0.3) is 0 Å². The fourth-order valence-corrected chi connectivity index (χ4v) is 8.38. The van der Waals surface area contributed by atoms with Gasteiger partial charge in [0.2, 0.25) is 0 Å². The van der Waals surface area contributed by atoms with Gasteiger partial charge in [-0.25, -0.2) is 4.98 Å². The molecule has 0 atom stereocenters. The molecule has 0 spiro atoms. The molecule has 10 aromatic rings. The van der Waals surface area contributed by atoms with E-state index in [1.165, 1.54) is 76.8 Å². The van der Waals surface area contributed by atoms with Crippen LogP contribution < -0.4 is 0 Å². The van der Waals surface area contributed by atoms with Gasteiger partial charge in [-0.15, -0.1) is 0 Å². The maximum absolute atomic E-state index is 5.11. The van der Waals surface area contributed by atoms with Crippen molar-refractivity contribution in [3.8, 4) is 39.3 Å². The largest absolute Gasteiger partial charge is 0.292 e. The lowest BCUT2D eigenvalue weighted by Crippen LogP contribution is -1.98. The highest BCUT2D eigenvalue weighted by Gasteiger charge is 2.20. The third-order valence-electron chi connectivity index (χ3n) is 11.1. The van der Waals surface area contributed by atoms with Crippen molar-refractivity contribution in [2.75, 3.05) is 0 Å². The van der Waals surface area contributed by atoms with Crippen LogP contribution >= 0.6 is 0 Å². The van der Waals surface area contributed by atoms with Crippen LogP contribution in [0, 0.1) is 6.92 Å². The van der Waals surface area contributed by atoms with Gasteiger partial charge in [0.05, 0.1) is 11.0 Å². The second-order valence-corrected chi connectivity index (χ2v) is 14.5. The van der Waals surface area contributed by atoms with E-state index in [0.29, 0.717) is 0 Å². The number of hydrogen-bond donors (Lipinski definition) is 0. The van der Waals surface area contributed by atoms with Crippen LogP contribution in [-0.4, -0.2) is 9.55 Å². The Morgan fingerprint density at radius 1 is 0.491 bits per heavy atom. The van der Waals surface area contributed by atoms with Crippen LogP contribution in [0.1, 0.15) is 23.6 Å². The van der Waals surface area contributed by atoms with E-state index in [9.17, 15) is 0 Å². The summed E-state index contributed by atoms with van der Waals surface area (Å²) in [4.78, 5) is 5.11. The average molecular weight is 703 g/mol. The minimum atomic E-state index is 0.935. The Morgan fingerprint density at radius 3 is 1.69 bits per heavy atom. The van der Waals surface area contributed by atoms with Crippen LogP contribution in [0.3, 0.4) is 0 Å². The van der Waals surface area contributed by atoms with E-state index < -0.39 is 0 Å². The Morgan fingerprint density at radius 2 is 1.02 bits per heavy atom. The summed E-state index contributed by atoms with van der Waals surface area (Å²) in [6.45, 7) is 4.54. The molecule has 10 rings (SSSR count). The molecule has 0 N–H and O–H groups in total. The summed E-state index contributed by atoms with van der Waals surface area (Å²) in [6.07, 6.45) is 2.41. The van der Waals surface area contributed by atoms with Gasteiger partial charge in [-0.3, -0.25) is 4.57 Å². The first kappa shape index (κ1) is 32.6. The molecule has 1 heterocycles. The minimum absolute atomic E-state index is 0.935. The molecule has 1 aromatic heterocycles. The zero-order chi connectivity index (χ0) is 36.9. The first-order valence-electron chi connectivity index (χ1n) is 19.0. The van der Waals surface area contributed by atoms with Crippen molar-refractivity contribution in [3.63, 3.8) is 0 Å². The van der Waals surface area contributed by atoms with Gasteiger partial charge in [0.1, 0.15) is 5.82 Å². The molecule has 0 aliphatic carbocycles. The Labute approximate surface area is 321 Å². The Hall–Kier alpha value is -7.03. The molecule has 0 bridgehead atoms. The number of aromatic nitrogens is 2. The van der Waals surface area contributed by atoms with Crippen molar-refractivity contribution in [2.45, 2.75) is 13.8 Å². The van der Waals surface area contributed by atoms with Crippen molar-refractivity contribution in [1.29, 1.82) is 0 Å². The maximum atomic E-state index is 5.11. The smallest absolute Gasteiger partial charge is 0.145 e. The van der Waals surface area contributed by atoms with E-state index in [1.807, 2.05) is 0 Å². The molecule has 9 aromatic carbocycles. The summed E-state index contributed by atoms with van der Waals surface area (Å²) in [7, 11) is 0. The van der Waals surface area contributed by atoms with Crippen LogP contribution in [0.5, 0.6) is 0 Å². The molecule has 0 unspecified atom stereocenters. The number of imidazole rings is 1. The Bertz CT molecular complexity index is 3090. The first-order valence-corrected chi connectivity index (χ1v) is 19.0. The van der Waals surface area contributed by atoms with Gasteiger partial charge >= 0.3 is 0 Å². The van der Waals surface area contributed by atoms with Gasteiger partial charge < -0.3 is 0 Å². The highest BCUT2D eigenvalue weighted by atomic mass is 15.1. The van der Waals surface area contributed by atoms with Gasteiger partial charge in [-0.05, 0) is 127 Å². The Kier molecular flexibility index (Phi) is 7.96. The lowest BCUT2D eigenvalue weighted by Gasteiger charge is -2.21. The zero-order valence-electron chi connectivity index (χ0n) is 30.9. The molecule has 260 valence electrons. The number of para-hydroxylation sites is 3. The molecule has 0 amide bonds. The lowest BCUT2D eigenvalue weighted by atomic mass is 9.82. The predicted octanol–water partition coefficient (Wildman–Crippen LogP) is 14.4. The third kappa shape index (κ3) is 5.71. The fourth-order valence-electron chi connectivity index (χ4n) is 8.38. The molecule has 55 heavy (non-hydrogen) atoms. The first-order chi connectivity index (χ1) is 27.1. The van der Waals surface area contributed by atoms with Crippen molar-refractivity contribution in [1.82, 2.24) is 9.55 Å².